The number of ether oxygens (including phenoxy) is 1. The van der Waals surface area contributed by atoms with Crippen LogP contribution < -0.4 is 4.90 Å². The molecule has 0 bridgehead atoms. The number of aromatic nitrogens is 1. The van der Waals surface area contributed by atoms with Crippen LogP contribution in [0.4, 0.5) is 5.69 Å². The third-order valence-corrected chi connectivity index (χ3v) is 3.72. The van der Waals surface area contributed by atoms with Crippen molar-refractivity contribution in [3.05, 3.63) is 21.9 Å². The molecule has 1 aliphatic rings. The van der Waals surface area contributed by atoms with Gasteiger partial charge in [0.05, 0.1) is 28.9 Å². The Kier molecular flexibility index (Phi) is 4.74. The van der Waals surface area contributed by atoms with Crippen LogP contribution in [-0.4, -0.2) is 31.3 Å². The third-order valence-electron chi connectivity index (χ3n) is 2.54. The highest BCUT2D eigenvalue weighted by atomic mass is 35.6. The van der Waals surface area contributed by atoms with Crippen molar-refractivity contribution in [1.29, 1.82) is 0 Å². The van der Waals surface area contributed by atoms with Gasteiger partial charge in [-0.25, -0.2) is 0 Å². The second-order valence-corrected chi connectivity index (χ2v) is 6.78. The van der Waals surface area contributed by atoms with E-state index in [1.165, 1.54) is 6.20 Å². The maximum atomic E-state index is 6.25. The van der Waals surface area contributed by atoms with Gasteiger partial charge in [-0.05, 0) is 0 Å². The Bertz CT molecular complexity index is 443. The summed E-state index contributed by atoms with van der Waals surface area (Å²) in [5, 5.41) is 0.698. The molecule has 2 rings (SSSR count). The molecule has 0 atom stereocenters. The summed E-state index contributed by atoms with van der Waals surface area (Å²) in [6.45, 7) is 2.58. The van der Waals surface area contributed by atoms with Gasteiger partial charge in [-0.2, -0.15) is 0 Å². The number of morpholine rings is 1. The molecule has 0 aromatic carbocycles. The average Bonchev–Trinajstić information content (AvgIpc) is 2.28. The first-order valence-corrected chi connectivity index (χ1v) is 7.04. The zero-order valence-corrected chi connectivity index (χ0v) is 12.9. The second-order valence-electron chi connectivity index (χ2n) is 3.71. The lowest BCUT2D eigenvalue weighted by molar-refractivity contribution is 0.122. The monoisotopic (exact) mass is 348 g/mol. The second kappa shape index (κ2) is 5.78. The van der Waals surface area contributed by atoms with E-state index >= 15 is 0 Å². The Morgan fingerprint density at radius 2 is 1.78 bits per heavy atom. The average molecular weight is 350 g/mol. The minimum Gasteiger partial charge on any atom is -0.378 e. The number of rotatable bonds is 1. The predicted molar refractivity (Wildman–Crippen MR) is 76.5 cm³/mol. The Morgan fingerprint density at radius 3 is 2.33 bits per heavy atom. The molecular weight excluding hydrogens is 341 g/mol. The first-order valence-electron chi connectivity index (χ1n) is 5.15. The van der Waals surface area contributed by atoms with Crippen molar-refractivity contribution < 1.29 is 4.74 Å². The summed E-state index contributed by atoms with van der Waals surface area (Å²) in [7, 11) is 0. The van der Waals surface area contributed by atoms with Gasteiger partial charge in [0.2, 0.25) is 3.79 Å². The van der Waals surface area contributed by atoms with Crippen LogP contribution in [0.25, 0.3) is 0 Å². The van der Waals surface area contributed by atoms with E-state index in [2.05, 4.69) is 4.98 Å². The van der Waals surface area contributed by atoms with E-state index in [0.29, 0.717) is 37.0 Å². The van der Waals surface area contributed by atoms with Crippen LogP contribution >= 0.6 is 58.0 Å². The van der Waals surface area contributed by atoms with Crippen molar-refractivity contribution in [2.24, 2.45) is 0 Å². The lowest BCUT2D eigenvalue weighted by Gasteiger charge is -2.31. The number of hydrogen-bond donors (Lipinski definition) is 0. The molecule has 18 heavy (non-hydrogen) atoms. The van der Waals surface area contributed by atoms with Crippen LogP contribution in [0.15, 0.2) is 6.20 Å². The molecule has 2 heterocycles. The molecule has 100 valence electrons. The predicted octanol–water partition coefficient (Wildman–Crippen LogP) is 4.05. The molecule has 1 aromatic rings. The molecule has 0 aliphatic carbocycles. The Hall–Kier alpha value is 0.360. The molecule has 1 saturated heterocycles. The Labute approximate surface area is 130 Å². The van der Waals surface area contributed by atoms with E-state index in [4.69, 9.17) is 62.7 Å². The molecule has 0 N–H and O–H groups in total. The van der Waals surface area contributed by atoms with E-state index < -0.39 is 3.79 Å². The van der Waals surface area contributed by atoms with Gasteiger partial charge in [0.15, 0.2) is 0 Å². The summed E-state index contributed by atoms with van der Waals surface area (Å²) in [4.78, 5) is 5.98. The minimum absolute atomic E-state index is 0.181. The highest BCUT2D eigenvalue weighted by molar-refractivity contribution is 6.67. The molecule has 0 unspecified atom stereocenters. The van der Waals surface area contributed by atoms with Crippen molar-refractivity contribution in [1.82, 2.24) is 4.98 Å². The summed E-state index contributed by atoms with van der Waals surface area (Å²) in [6, 6.07) is 0. The first-order chi connectivity index (χ1) is 8.41. The maximum Gasteiger partial charge on any atom is 0.234 e. The number of nitrogens with zero attached hydrogens (tertiary/aromatic N) is 2. The molecule has 0 saturated carbocycles. The quantitative estimate of drug-likeness (QED) is 0.715. The summed E-state index contributed by atoms with van der Waals surface area (Å²) in [5.74, 6) is 0. The molecule has 0 amide bonds. The van der Waals surface area contributed by atoms with Crippen molar-refractivity contribution in [3.8, 4) is 0 Å². The molecular formula is C10H9Cl5N2O. The smallest absolute Gasteiger partial charge is 0.234 e. The summed E-state index contributed by atoms with van der Waals surface area (Å²) in [5.41, 5.74) is 0.818. The standard InChI is InChI=1S/C10H9Cl5N2O/c11-6-5-16-9(10(13,14)15)7(12)8(6)17-1-3-18-4-2-17/h5H,1-4H2. The minimum atomic E-state index is -1.68. The zero-order valence-electron chi connectivity index (χ0n) is 9.10. The fraction of sp³-hybridized carbons (Fsp3) is 0.500. The van der Waals surface area contributed by atoms with Gasteiger partial charge in [-0.3, -0.25) is 4.98 Å². The summed E-state index contributed by atoms with van der Waals surface area (Å²) < 4.78 is 3.60. The van der Waals surface area contributed by atoms with Crippen LogP contribution in [0.2, 0.25) is 10.0 Å². The van der Waals surface area contributed by atoms with E-state index in [1.807, 2.05) is 4.90 Å². The third kappa shape index (κ3) is 3.09. The van der Waals surface area contributed by atoms with E-state index in [0.717, 1.165) is 0 Å². The van der Waals surface area contributed by atoms with E-state index in [1.54, 1.807) is 0 Å². The Morgan fingerprint density at radius 1 is 1.17 bits per heavy atom. The topological polar surface area (TPSA) is 25.4 Å². The van der Waals surface area contributed by atoms with Gasteiger partial charge in [0.25, 0.3) is 0 Å². The molecule has 1 fully saturated rings. The molecule has 0 radical (unpaired) electrons. The summed E-state index contributed by atoms with van der Waals surface area (Å²) >= 11 is 29.8. The highest BCUT2D eigenvalue weighted by Crippen LogP contribution is 2.45. The van der Waals surface area contributed by atoms with E-state index in [9.17, 15) is 0 Å². The maximum absolute atomic E-state index is 6.25. The van der Waals surface area contributed by atoms with Crippen LogP contribution in [-0.2, 0) is 8.53 Å². The number of pyridine rings is 1. The van der Waals surface area contributed by atoms with Gasteiger partial charge in [-0.1, -0.05) is 58.0 Å². The van der Waals surface area contributed by atoms with E-state index in [-0.39, 0.29) is 10.7 Å². The van der Waals surface area contributed by atoms with Crippen molar-refractivity contribution >= 4 is 63.7 Å². The van der Waals surface area contributed by atoms with Crippen LogP contribution in [0.1, 0.15) is 5.69 Å². The van der Waals surface area contributed by atoms with Crippen molar-refractivity contribution in [3.63, 3.8) is 0 Å². The number of anilines is 1. The van der Waals surface area contributed by atoms with Crippen molar-refractivity contribution in [2.45, 2.75) is 3.79 Å². The first kappa shape index (κ1) is 14.8. The fourth-order valence-corrected chi connectivity index (χ4v) is 3.03. The zero-order chi connectivity index (χ0) is 13.3. The summed E-state index contributed by atoms with van der Waals surface area (Å²) in [6.07, 6.45) is 1.44. The molecule has 3 nitrogen and oxygen atoms in total. The number of alkyl halides is 3. The highest BCUT2D eigenvalue weighted by Gasteiger charge is 2.31. The normalized spacial score (nSPS) is 17.1. The van der Waals surface area contributed by atoms with Crippen LogP contribution in [0.5, 0.6) is 0 Å². The number of hydrogen-bond acceptors (Lipinski definition) is 3. The van der Waals surface area contributed by atoms with Gasteiger partial charge in [0.1, 0.15) is 5.69 Å². The fourth-order valence-electron chi connectivity index (χ4n) is 1.73. The molecule has 0 spiro atoms. The molecule has 8 heteroatoms. The largest absolute Gasteiger partial charge is 0.378 e. The Balaban J connectivity index is 2.45. The SMILES string of the molecule is Clc1cnc(C(Cl)(Cl)Cl)c(Cl)c1N1CCOCC1. The van der Waals surface area contributed by atoms with Gasteiger partial charge in [0, 0.05) is 19.3 Å². The number of halogens is 5. The van der Waals surface area contributed by atoms with Gasteiger partial charge < -0.3 is 9.64 Å². The van der Waals surface area contributed by atoms with Crippen LogP contribution in [0.3, 0.4) is 0 Å². The lowest BCUT2D eigenvalue weighted by atomic mass is 10.2. The van der Waals surface area contributed by atoms with Crippen LogP contribution in [0, 0.1) is 0 Å². The van der Waals surface area contributed by atoms with Crippen molar-refractivity contribution in [2.75, 3.05) is 31.2 Å². The van der Waals surface area contributed by atoms with Gasteiger partial charge in [-0.15, -0.1) is 0 Å². The molecule has 1 aliphatic heterocycles. The molecule has 1 aromatic heterocycles. The lowest BCUT2D eigenvalue weighted by Crippen LogP contribution is -2.36. The van der Waals surface area contributed by atoms with Gasteiger partial charge >= 0.3 is 0 Å².